The molecule has 0 spiro atoms. The van der Waals surface area contributed by atoms with Gasteiger partial charge in [-0.3, -0.25) is 0 Å². The zero-order valence-corrected chi connectivity index (χ0v) is 12.1. The number of hydrogen-bond donors (Lipinski definition) is 0. The molecule has 0 aromatic heterocycles. The van der Waals surface area contributed by atoms with Gasteiger partial charge in [0.05, 0.1) is 12.7 Å². The summed E-state index contributed by atoms with van der Waals surface area (Å²) in [6.07, 6.45) is -3.59. The number of rotatable bonds is 2. The van der Waals surface area contributed by atoms with E-state index in [1.165, 1.54) is 19.2 Å². The Hall–Kier alpha value is -0.360. The fourth-order valence-corrected chi connectivity index (χ4v) is 4.09. The van der Waals surface area contributed by atoms with Gasteiger partial charge in [0, 0.05) is 10.6 Å². The average molecular weight is 341 g/mol. The first kappa shape index (κ1) is 14.1. The van der Waals surface area contributed by atoms with E-state index in [-0.39, 0.29) is 11.0 Å². The van der Waals surface area contributed by atoms with Crippen molar-refractivity contribution in [3.63, 3.8) is 0 Å². The molecule has 1 aliphatic heterocycles. The van der Waals surface area contributed by atoms with E-state index in [4.69, 9.17) is 4.74 Å². The van der Waals surface area contributed by atoms with Crippen molar-refractivity contribution < 1.29 is 17.9 Å². The molecule has 0 aliphatic carbocycles. The Labute approximate surface area is 116 Å². The Balaban J connectivity index is 2.55. The van der Waals surface area contributed by atoms with Gasteiger partial charge in [-0.05, 0) is 35.4 Å². The number of halogens is 4. The Kier molecular flexibility index (Phi) is 4.16. The van der Waals surface area contributed by atoms with Crippen LogP contribution < -0.4 is 4.74 Å². The Morgan fingerprint density at radius 3 is 2.72 bits per heavy atom. The van der Waals surface area contributed by atoms with Crippen molar-refractivity contribution in [2.75, 3.05) is 18.2 Å². The SMILES string of the molecule is COc1cc2c(cc1C(F)(F)F)C(CBr)SCC2. The van der Waals surface area contributed by atoms with Crippen LogP contribution in [0.3, 0.4) is 0 Å². The molecule has 0 bridgehead atoms. The molecule has 0 saturated carbocycles. The maximum Gasteiger partial charge on any atom is 0.419 e. The number of alkyl halides is 4. The first-order valence-corrected chi connectivity index (χ1v) is 7.60. The highest BCUT2D eigenvalue weighted by Crippen LogP contribution is 2.44. The lowest BCUT2D eigenvalue weighted by atomic mass is 9.98. The van der Waals surface area contributed by atoms with Crippen LogP contribution in [0.15, 0.2) is 12.1 Å². The third-order valence-electron chi connectivity index (χ3n) is 2.94. The van der Waals surface area contributed by atoms with E-state index in [1.54, 1.807) is 11.8 Å². The largest absolute Gasteiger partial charge is 0.496 e. The minimum Gasteiger partial charge on any atom is -0.496 e. The maximum atomic E-state index is 12.9. The van der Waals surface area contributed by atoms with Crippen molar-refractivity contribution in [1.29, 1.82) is 0 Å². The fraction of sp³-hybridized carbons (Fsp3) is 0.500. The molecule has 1 unspecified atom stereocenters. The third-order valence-corrected chi connectivity index (χ3v) is 5.28. The molecular formula is C12H12BrF3OS. The number of ether oxygens (including phenoxy) is 1. The minimum atomic E-state index is -4.38. The van der Waals surface area contributed by atoms with Crippen LogP contribution in [-0.2, 0) is 12.6 Å². The van der Waals surface area contributed by atoms with Gasteiger partial charge in [0.15, 0.2) is 0 Å². The van der Waals surface area contributed by atoms with Crippen molar-refractivity contribution in [3.05, 3.63) is 28.8 Å². The van der Waals surface area contributed by atoms with Crippen LogP contribution in [0.4, 0.5) is 13.2 Å². The van der Waals surface area contributed by atoms with Gasteiger partial charge in [0.25, 0.3) is 0 Å². The molecule has 1 aliphatic rings. The van der Waals surface area contributed by atoms with E-state index in [9.17, 15) is 13.2 Å². The molecule has 18 heavy (non-hydrogen) atoms. The summed E-state index contributed by atoms with van der Waals surface area (Å²) < 4.78 is 43.7. The van der Waals surface area contributed by atoms with Crippen molar-refractivity contribution in [2.24, 2.45) is 0 Å². The number of benzene rings is 1. The van der Waals surface area contributed by atoms with Crippen LogP contribution in [0.25, 0.3) is 0 Å². The molecule has 0 N–H and O–H groups in total. The second kappa shape index (κ2) is 5.33. The molecule has 1 nitrogen and oxygen atoms in total. The van der Waals surface area contributed by atoms with Crippen LogP contribution in [0.5, 0.6) is 5.75 Å². The second-order valence-corrected chi connectivity index (χ2v) is 5.97. The number of methoxy groups -OCH3 is 1. The van der Waals surface area contributed by atoms with Crippen LogP contribution >= 0.6 is 27.7 Å². The monoisotopic (exact) mass is 340 g/mol. The van der Waals surface area contributed by atoms with E-state index in [0.29, 0.717) is 5.33 Å². The predicted molar refractivity (Wildman–Crippen MR) is 70.7 cm³/mol. The van der Waals surface area contributed by atoms with E-state index in [2.05, 4.69) is 15.9 Å². The molecule has 100 valence electrons. The van der Waals surface area contributed by atoms with Crippen LogP contribution in [0, 0.1) is 0 Å². The summed E-state index contributed by atoms with van der Waals surface area (Å²) >= 11 is 5.04. The van der Waals surface area contributed by atoms with Gasteiger partial charge in [-0.15, -0.1) is 0 Å². The van der Waals surface area contributed by atoms with Gasteiger partial charge in [0.2, 0.25) is 0 Å². The molecule has 1 atom stereocenters. The van der Waals surface area contributed by atoms with E-state index < -0.39 is 11.7 Å². The van der Waals surface area contributed by atoms with Gasteiger partial charge < -0.3 is 4.74 Å². The molecule has 0 fully saturated rings. The first-order valence-electron chi connectivity index (χ1n) is 5.43. The number of thioether (sulfide) groups is 1. The Morgan fingerprint density at radius 1 is 1.44 bits per heavy atom. The lowest BCUT2D eigenvalue weighted by Crippen LogP contribution is -2.14. The van der Waals surface area contributed by atoms with Crippen molar-refractivity contribution in [3.8, 4) is 5.75 Å². The van der Waals surface area contributed by atoms with Gasteiger partial charge in [-0.1, -0.05) is 15.9 Å². The predicted octanol–water partition coefficient (Wildman–Crippen LogP) is 4.44. The van der Waals surface area contributed by atoms with Gasteiger partial charge in [0.1, 0.15) is 5.75 Å². The summed E-state index contributed by atoms with van der Waals surface area (Å²) in [5.74, 6) is 0.846. The minimum absolute atomic E-state index is 0.0820. The number of hydrogen-bond acceptors (Lipinski definition) is 2. The van der Waals surface area contributed by atoms with Gasteiger partial charge in [-0.25, -0.2) is 0 Å². The zero-order valence-electron chi connectivity index (χ0n) is 9.68. The Morgan fingerprint density at radius 2 is 2.17 bits per heavy atom. The smallest absolute Gasteiger partial charge is 0.419 e. The lowest BCUT2D eigenvalue weighted by molar-refractivity contribution is -0.138. The summed E-state index contributed by atoms with van der Waals surface area (Å²) in [6, 6.07) is 2.78. The molecular weight excluding hydrogens is 329 g/mol. The summed E-state index contributed by atoms with van der Waals surface area (Å²) in [5, 5.41) is 0.745. The molecule has 1 aromatic carbocycles. The summed E-state index contributed by atoms with van der Waals surface area (Å²) in [5.41, 5.74) is 1.05. The lowest BCUT2D eigenvalue weighted by Gasteiger charge is -2.26. The standard InChI is InChI=1S/C12H12BrF3OS/c1-17-10-4-7-2-3-18-11(6-13)8(7)5-9(10)12(14,15)16/h4-5,11H,2-3,6H2,1H3. The summed E-state index contributed by atoms with van der Waals surface area (Å²) in [4.78, 5) is 0. The first-order chi connectivity index (χ1) is 8.47. The van der Waals surface area contributed by atoms with Crippen LogP contribution in [0.2, 0.25) is 0 Å². The summed E-state index contributed by atoms with van der Waals surface area (Å²) in [7, 11) is 1.27. The van der Waals surface area contributed by atoms with Crippen LogP contribution in [-0.4, -0.2) is 18.2 Å². The molecule has 1 aromatic rings. The topological polar surface area (TPSA) is 9.23 Å². The highest BCUT2D eigenvalue weighted by Gasteiger charge is 2.36. The number of aryl methyl sites for hydroxylation is 1. The van der Waals surface area contributed by atoms with Crippen molar-refractivity contribution >= 4 is 27.7 Å². The fourth-order valence-electron chi connectivity index (χ4n) is 2.07. The third kappa shape index (κ3) is 2.64. The highest BCUT2D eigenvalue weighted by molar-refractivity contribution is 9.09. The molecule has 6 heteroatoms. The van der Waals surface area contributed by atoms with Crippen molar-refractivity contribution in [1.82, 2.24) is 0 Å². The van der Waals surface area contributed by atoms with E-state index in [1.807, 2.05) is 0 Å². The van der Waals surface area contributed by atoms with Gasteiger partial charge in [-0.2, -0.15) is 24.9 Å². The summed E-state index contributed by atoms with van der Waals surface area (Å²) in [6.45, 7) is 0. The molecule has 0 radical (unpaired) electrons. The molecule has 0 saturated heterocycles. The van der Waals surface area contributed by atoms with E-state index >= 15 is 0 Å². The molecule has 1 heterocycles. The maximum absolute atomic E-state index is 12.9. The average Bonchev–Trinajstić information content (AvgIpc) is 2.35. The number of fused-ring (bicyclic) bond motifs is 1. The normalized spacial score (nSPS) is 19.5. The quantitative estimate of drug-likeness (QED) is 0.736. The zero-order chi connectivity index (χ0) is 13.3. The molecule has 2 rings (SSSR count). The van der Waals surface area contributed by atoms with Gasteiger partial charge >= 0.3 is 6.18 Å². The Bertz CT molecular complexity index is 448. The van der Waals surface area contributed by atoms with Crippen LogP contribution in [0.1, 0.15) is 21.9 Å². The highest BCUT2D eigenvalue weighted by atomic mass is 79.9. The van der Waals surface area contributed by atoms with E-state index in [0.717, 1.165) is 23.3 Å². The molecule has 0 amide bonds. The van der Waals surface area contributed by atoms with Crippen molar-refractivity contribution in [2.45, 2.75) is 17.8 Å². The second-order valence-electron chi connectivity index (χ2n) is 4.01.